The normalized spacial score (nSPS) is 15.8. The van der Waals surface area contributed by atoms with E-state index in [1.54, 1.807) is 29.0 Å². The molecular formula is C19H20FN3O2. The summed E-state index contributed by atoms with van der Waals surface area (Å²) in [7, 11) is 0. The number of hydrogen-bond acceptors (Lipinski definition) is 3. The first-order valence-corrected chi connectivity index (χ1v) is 8.54. The molecule has 6 heteroatoms. The van der Waals surface area contributed by atoms with Gasteiger partial charge in [0.05, 0.1) is 29.7 Å². The molecule has 0 unspecified atom stereocenters. The summed E-state index contributed by atoms with van der Waals surface area (Å²) in [4.78, 5) is 12.9. The molecule has 1 aliphatic rings. The molecule has 5 nitrogen and oxygen atoms in total. The topological polar surface area (TPSA) is 49.1 Å². The first-order valence-electron chi connectivity index (χ1n) is 8.54. The molecule has 0 amide bonds. The maximum Gasteiger partial charge on any atom is 0.262 e. The number of benzene rings is 1. The van der Waals surface area contributed by atoms with E-state index in [1.807, 2.05) is 17.7 Å². The summed E-state index contributed by atoms with van der Waals surface area (Å²) < 4.78 is 22.9. The van der Waals surface area contributed by atoms with Gasteiger partial charge in [0, 0.05) is 24.5 Å². The average Bonchev–Trinajstić information content (AvgIpc) is 3.04. The zero-order chi connectivity index (χ0) is 17.4. The van der Waals surface area contributed by atoms with Crippen molar-refractivity contribution in [3.63, 3.8) is 0 Å². The molecule has 0 aliphatic carbocycles. The fraction of sp³-hybridized carbons (Fsp3) is 0.368. The molecule has 1 aromatic carbocycles. The van der Waals surface area contributed by atoms with Crippen molar-refractivity contribution in [3.8, 4) is 0 Å². The molecule has 3 heterocycles. The maximum absolute atomic E-state index is 14.0. The second-order valence-corrected chi connectivity index (χ2v) is 6.50. The molecule has 1 aliphatic heterocycles. The van der Waals surface area contributed by atoms with Crippen molar-refractivity contribution in [2.24, 2.45) is 0 Å². The summed E-state index contributed by atoms with van der Waals surface area (Å²) in [6.07, 6.45) is 3.42. The molecule has 1 fully saturated rings. The summed E-state index contributed by atoms with van der Waals surface area (Å²) in [6.45, 7) is 3.53. The van der Waals surface area contributed by atoms with Gasteiger partial charge < -0.3 is 9.30 Å². The average molecular weight is 341 g/mol. The lowest BCUT2D eigenvalue weighted by Gasteiger charge is -2.23. The third kappa shape index (κ3) is 2.87. The van der Waals surface area contributed by atoms with Crippen LogP contribution in [0.1, 0.15) is 30.1 Å². The van der Waals surface area contributed by atoms with Crippen LogP contribution in [0.3, 0.4) is 0 Å². The van der Waals surface area contributed by atoms with Crippen LogP contribution in [-0.4, -0.2) is 27.6 Å². The van der Waals surface area contributed by atoms with E-state index in [9.17, 15) is 9.18 Å². The van der Waals surface area contributed by atoms with E-state index in [-0.39, 0.29) is 24.0 Å². The summed E-state index contributed by atoms with van der Waals surface area (Å²) in [5.74, 6) is -0.299. The van der Waals surface area contributed by atoms with Gasteiger partial charge in [-0.15, -0.1) is 0 Å². The first-order chi connectivity index (χ1) is 12.1. The molecule has 4 rings (SSSR count). The Morgan fingerprint density at radius 3 is 2.80 bits per heavy atom. The second kappa shape index (κ2) is 6.44. The van der Waals surface area contributed by atoms with Crippen molar-refractivity contribution in [2.45, 2.75) is 32.4 Å². The Hall–Kier alpha value is -2.47. The van der Waals surface area contributed by atoms with Crippen molar-refractivity contribution < 1.29 is 9.13 Å². The number of nitrogens with zero attached hydrogens (tertiary/aromatic N) is 3. The minimum atomic E-state index is -0.299. The smallest absolute Gasteiger partial charge is 0.262 e. The number of ether oxygens (including phenoxy) is 1. The third-order valence-electron chi connectivity index (χ3n) is 4.90. The number of pyridine rings is 1. The second-order valence-electron chi connectivity index (χ2n) is 6.50. The SMILES string of the molecule is Cc1cc2c(cnn2C2CCOCC2)c(=O)n1Cc1ccccc1F. The molecule has 0 radical (unpaired) electrons. The van der Waals surface area contributed by atoms with Crippen LogP contribution in [-0.2, 0) is 11.3 Å². The number of aromatic nitrogens is 3. The molecular weight excluding hydrogens is 321 g/mol. The number of hydrogen-bond donors (Lipinski definition) is 0. The Bertz CT molecular complexity index is 970. The van der Waals surface area contributed by atoms with Gasteiger partial charge in [-0.25, -0.2) is 4.39 Å². The van der Waals surface area contributed by atoms with Crippen molar-refractivity contribution >= 4 is 10.9 Å². The van der Waals surface area contributed by atoms with Gasteiger partial charge in [0.1, 0.15) is 5.82 Å². The highest BCUT2D eigenvalue weighted by molar-refractivity contribution is 5.78. The highest BCUT2D eigenvalue weighted by atomic mass is 19.1. The standard InChI is InChI=1S/C19H20FN3O2/c1-13-10-18-16(11-21-23(18)15-6-8-25-9-7-15)19(24)22(13)12-14-4-2-3-5-17(14)20/h2-5,10-11,15H,6-9,12H2,1H3. The minimum Gasteiger partial charge on any atom is -0.381 e. The number of fused-ring (bicyclic) bond motifs is 1. The lowest BCUT2D eigenvalue weighted by atomic mass is 10.1. The van der Waals surface area contributed by atoms with E-state index in [2.05, 4.69) is 5.10 Å². The van der Waals surface area contributed by atoms with Gasteiger partial charge in [-0.1, -0.05) is 18.2 Å². The molecule has 0 spiro atoms. The lowest BCUT2D eigenvalue weighted by Crippen LogP contribution is -2.24. The van der Waals surface area contributed by atoms with Crippen LogP contribution in [0.2, 0.25) is 0 Å². The van der Waals surface area contributed by atoms with Crippen molar-refractivity contribution in [1.82, 2.24) is 14.3 Å². The van der Waals surface area contributed by atoms with Gasteiger partial charge in [0.15, 0.2) is 0 Å². The predicted molar refractivity (Wildman–Crippen MR) is 93.3 cm³/mol. The van der Waals surface area contributed by atoms with Crippen LogP contribution >= 0.6 is 0 Å². The summed E-state index contributed by atoms with van der Waals surface area (Å²) in [5.41, 5.74) is 2.02. The van der Waals surface area contributed by atoms with Gasteiger partial charge >= 0.3 is 0 Å². The number of halogens is 1. The predicted octanol–water partition coefficient (Wildman–Crippen LogP) is 3.05. The molecule has 1 saturated heterocycles. The summed E-state index contributed by atoms with van der Waals surface area (Å²) >= 11 is 0. The van der Waals surface area contributed by atoms with Crippen LogP contribution in [0, 0.1) is 12.7 Å². The Labute approximate surface area is 144 Å². The van der Waals surface area contributed by atoms with Gasteiger partial charge in [-0.05, 0) is 31.9 Å². The van der Waals surface area contributed by atoms with Gasteiger partial charge in [0.2, 0.25) is 0 Å². The molecule has 0 saturated carbocycles. The molecule has 2 aromatic heterocycles. The monoisotopic (exact) mass is 341 g/mol. The fourth-order valence-corrected chi connectivity index (χ4v) is 3.48. The van der Waals surface area contributed by atoms with E-state index >= 15 is 0 Å². The summed E-state index contributed by atoms with van der Waals surface area (Å²) in [5, 5.41) is 5.04. The van der Waals surface area contributed by atoms with Crippen LogP contribution in [0.15, 0.2) is 41.3 Å². The van der Waals surface area contributed by atoms with Crippen LogP contribution in [0.25, 0.3) is 10.9 Å². The zero-order valence-electron chi connectivity index (χ0n) is 14.1. The van der Waals surface area contributed by atoms with Crippen LogP contribution in [0.4, 0.5) is 4.39 Å². The molecule has 3 aromatic rings. The van der Waals surface area contributed by atoms with E-state index < -0.39 is 0 Å². The number of rotatable bonds is 3. The molecule has 25 heavy (non-hydrogen) atoms. The molecule has 130 valence electrons. The molecule has 0 bridgehead atoms. The molecule has 0 atom stereocenters. The van der Waals surface area contributed by atoms with Crippen molar-refractivity contribution in [2.75, 3.05) is 13.2 Å². The largest absolute Gasteiger partial charge is 0.381 e. The Kier molecular flexibility index (Phi) is 4.13. The minimum absolute atomic E-state index is 0.128. The highest BCUT2D eigenvalue weighted by Crippen LogP contribution is 2.24. The Morgan fingerprint density at radius 2 is 2.04 bits per heavy atom. The first kappa shape index (κ1) is 16.0. The van der Waals surface area contributed by atoms with Gasteiger partial charge in [-0.3, -0.25) is 9.48 Å². The van der Waals surface area contributed by atoms with Crippen molar-refractivity contribution in [1.29, 1.82) is 0 Å². The van der Waals surface area contributed by atoms with E-state index in [1.165, 1.54) is 6.07 Å². The lowest BCUT2D eigenvalue weighted by molar-refractivity contribution is 0.0675. The van der Waals surface area contributed by atoms with Gasteiger partial charge in [0.25, 0.3) is 5.56 Å². The van der Waals surface area contributed by atoms with Crippen LogP contribution < -0.4 is 5.56 Å². The van der Waals surface area contributed by atoms with E-state index in [4.69, 9.17) is 4.74 Å². The van der Waals surface area contributed by atoms with Crippen molar-refractivity contribution in [3.05, 3.63) is 64.0 Å². The zero-order valence-corrected chi connectivity index (χ0v) is 14.1. The summed E-state index contributed by atoms with van der Waals surface area (Å²) in [6, 6.07) is 8.78. The highest BCUT2D eigenvalue weighted by Gasteiger charge is 2.20. The van der Waals surface area contributed by atoms with E-state index in [0.717, 1.165) is 37.3 Å². The fourth-order valence-electron chi connectivity index (χ4n) is 3.48. The Balaban J connectivity index is 1.78. The number of aryl methyl sites for hydroxylation is 1. The quantitative estimate of drug-likeness (QED) is 0.736. The van der Waals surface area contributed by atoms with Crippen LogP contribution in [0.5, 0.6) is 0 Å². The van der Waals surface area contributed by atoms with Gasteiger partial charge in [-0.2, -0.15) is 5.10 Å². The third-order valence-corrected chi connectivity index (χ3v) is 4.90. The van der Waals surface area contributed by atoms with E-state index in [0.29, 0.717) is 10.9 Å². The maximum atomic E-state index is 14.0. The molecule has 0 N–H and O–H groups in total. The Morgan fingerprint density at radius 1 is 1.28 bits per heavy atom.